The number of cyclic esters (lactones) is 1. The molecule has 66 heavy (non-hydrogen) atoms. The van der Waals surface area contributed by atoms with Gasteiger partial charge < -0.3 is 34.6 Å². The van der Waals surface area contributed by atoms with Gasteiger partial charge in [-0.3, -0.25) is 29.2 Å². The van der Waals surface area contributed by atoms with Crippen molar-refractivity contribution in [3.05, 3.63) is 84.2 Å². The van der Waals surface area contributed by atoms with E-state index >= 15 is 0 Å². The SMILES string of the molecule is C=CC(=O)N1CC[C@@](C)(C(=O)N(C)[C@H](C(=O)N[C@H]2Cc3cc(O)cc(c3)-c3ccc4c(c3)c(c(-c3cncc(C#N)c3)n4CC)CC(C)(C)COC(=O)[C@@]3(O)CCCN(N3)C2=O)C(C)C)C1. The summed E-state index contributed by atoms with van der Waals surface area (Å²) in [5.41, 5.74) is 4.53. The second-order valence-electron chi connectivity index (χ2n) is 19.4. The number of rotatable bonds is 8. The van der Waals surface area contributed by atoms with Gasteiger partial charge in [-0.25, -0.2) is 4.79 Å². The molecule has 0 saturated carbocycles. The summed E-state index contributed by atoms with van der Waals surface area (Å²) in [7, 11) is 1.54. The Morgan fingerprint density at radius 2 is 1.83 bits per heavy atom. The average molecular weight is 901 g/mol. The molecular weight excluding hydrogens is 841 g/mol. The maximum Gasteiger partial charge on any atom is 0.355 e. The number of amides is 4. The number of hydrazine groups is 1. The highest BCUT2D eigenvalue weighted by atomic mass is 16.6. The number of hydrogen-bond acceptors (Lipinski definition) is 11. The number of nitriles is 1. The first-order valence-corrected chi connectivity index (χ1v) is 22.5. The van der Waals surface area contributed by atoms with E-state index in [1.807, 2.05) is 45.0 Å². The Hall–Kier alpha value is -6.57. The van der Waals surface area contributed by atoms with Crippen LogP contribution in [0.4, 0.5) is 0 Å². The molecule has 2 saturated heterocycles. The van der Waals surface area contributed by atoms with Crippen molar-refractivity contribution >= 4 is 40.5 Å². The highest BCUT2D eigenvalue weighted by Gasteiger charge is 2.48. The number of nitrogens with one attached hydrogen (secondary N) is 2. The van der Waals surface area contributed by atoms with Gasteiger partial charge in [0.05, 0.1) is 23.3 Å². The Balaban J connectivity index is 1.32. The van der Waals surface area contributed by atoms with E-state index in [9.17, 15) is 39.4 Å². The first kappa shape index (κ1) is 47.4. The van der Waals surface area contributed by atoms with Crippen LogP contribution in [-0.2, 0) is 48.1 Å². The minimum absolute atomic E-state index is 0.0565. The number of likely N-dealkylation sites (tertiary alicyclic amines) is 1. The number of pyridine rings is 1. The first-order valence-electron chi connectivity index (χ1n) is 22.5. The summed E-state index contributed by atoms with van der Waals surface area (Å²) >= 11 is 0. The van der Waals surface area contributed by atoms with Crippen LogP contribution in [0.1, 0.15) is 77.5 Å². The zero-order valence-corrected chi connectivity index (χ0v) is 38.8. The Morgan fingerprint density at radius 1 is 1.08 bits per heavy atom. The third-order valence-electron chi connectivity index (χ3n) is 13.2. The predicted molar refractivity (Wildman–Crippen MR) is 247 cm³/mol. The molecule has 16 nitrogen and oxygen atoms in total. The van der Waals surface area contributed by atoms with Crippen molar-refractivity contribution in [2.45, 2.75) is 98.0 Å². The fourth-order valence-electron chi connectivity index (χ4n) is 9.89. The van der Waals surface area contributed by atoms with Gasteiger partial charge in [-0.1, -0.05) is 46.4 Å². The minimum atomic E-state index is -2.28. The fourth-order valence-corrected chi connectivity index (χ4v) is 9.89. The number of carbonyl (C=O) groups excluding carboxylic acids is 5. The number of likely N-dealkylation sites (N-methyl/N-ethyl adjacent to an activating group) is 1. The van der Waals surface area contributed by atoms with Gasteiger partial charge in [0.15, 0.2) is 0 Å². The monoisotopic (exact) mass is 900 g/mol. The van der Waals surface area contributed by atoms with Crippen molar-refractivity contribution < 1.29 is 38.9 Å². The summed E-state index contributed by atoms with van der Waals surface area (Å²) in [4.78, 5) is 77.2. The topological polar surface area (TPSA) is 210 Å². The van der Waals surface area contributed by atoms with E-state index < -0.39 is 52.3 Å². The molecule has 3 aliphatic heterocycles. The minimum Gasteiger partial charge on any atom is -0.508 e. The lowest BCUT2D eigenvalue weighted by molar-refractivity contribution is -0.189. The van der Waals surface area contributed by atoms with E-state index in [-0.39, 0.29) is 56.5 Å². The number of esters is 1. The highest BCUT2D eigenvalue weighted by molar-refractivity contribution is 5.96. The molecule has 348 valence electrons. The quantitative estimate of drug-likeness (QED) is 0.139. The number of hydrogen-bond donors (Lipinski definition) is 4. The number of fused-ring (bicyclic) bond motifs is 6. The lowest BCUT2D eigenvalue weighted by Gasteiger charge is -2.40. The smallest absolute Gasteiger partial charge is 0.355 e. The van der Waals surface area contributed by atoms with Gasteiger partial charge in [0.25, 0.3) is 5.91 Å². The van der Waals surface area contributed by atoms with Gasteiger partial charge in [-0.15, -0.1) is 0 Å². The van der Waals surface area contributed by atoms with Crippen LogP contribution in [0, 0.1) is 28.1 Å². The zero-order valence-electron chi connectivity index (χ0n) is 38.8. The Kier molecular flexibility index (Phi) is 13.2. The lowest BCUT2D eigenvalue weighted by atomic mass is 9.84. The second-order valence-corrected chi connectivity index (χ2v) is 19.4. The van der Waals surface area contributed by atoms with Crippen molar-refractivity contribution in [1.29, 1.82) is 5.26 Å². The zero-order chi connectivity index (χ0) is 47.9. The molecule has 0 radical (unpaired) electrons. The fraction of sp³-hybridized carbons (Fsp3) is 0.460. The number of benzene rings is 2. The molecule has 6 bridgehead atoms. The summed E-state index contributed by atoms with van der Waals surface area (Å²) in [6.45, 7) is 16.0. The van der Waals surface area contributed by atoms with E-state index in [1.54, 1.807) is 51.0 Å². The Morgan fingerprint density at radius 3 is 2.53 bits per heavy atom. The molecule has 0 spiro atoms. The highest BCUT2D eigenvalue weighted by Crippen LogP contribution is 2.41. The van der Waals surface area contributed by atoms with E-state index in [2.05, 4.69) is 32.9 Å². The van der Waals surface area contributed by atoms with Crippen molar-refractivity contribution in [3.8, 4) is 34.2 Å². The number of carbonyl (C=O) groups is 5. The van der Waals surface area contributed by atoms with Gasteiger partial charge in [-0.2, -0.15) is 10.7 Å². The average Bonchev–Trinajstić information content (AvgIpc) is 3.84. The number of aryl methyl sites for hydroxylation is 1. The van der Waals surface area contributed by atoms with Crippen molar-refractivity contribution in [1.82, 2.24) is 35.1 Å². The van der Waals surface area contributed by atoms with Gasteiger partial charge in [0, 0.05) is 80.3 Å². The second kappa shape index (κ2) is 18.4. The van der Waals surface area contributed by atoms with Crippen LogP contribution in [0.2, 0.25) is 0 Å². The number of aromatic hydroxyl groups is 1. The number of aromatic nitrogens is 2. The molecule has 2 aromatic carbocycles. The summed E-state index contributed by atoms with van der Waals surface area (Å²) in [6.07, 6.45) is 5.29. The Bertz CT molecular complexity index is 2650. The predicted octanol–water partition coefficient (Wildman–Crippen LogP) is 4.84. The first-order chi connectivity index (χ1) is 31.2. The van der Waals surface area contributed by atoms with Crippen LogP contribution in [0.3, 0.4) is 0 Å². The van der Waals surface area contributed by atoms with Crippen molar-refractivity contribution in [2.24, 2.45) is 16.7 Å². The summed E-state index contributed by atoms with van der Waals surface area (Å²) in [5.74, 6) is -3.34. The van der Waals surface area contributed by atoms with Crippen molar-refractivity contribution in [2.75, 3.05) is 33.3 Å². The van der Waals surface area contributed by atoms with E-state index in [1.165, 1.54) is 23.2 Å². The van der Waals surface area contributed by atoms with Gasteiger partial charge >= 0.3 is 5.97 Å². The Labute approximate surface area is 385 Å². The molecule has 16 heteroatoms. The molecule has 4 N–H and O–H groups in total. The number of phenols is 1. The summed E-state index contributed by atoms with van der Waals surface area (Å²) < 4.78 is 8.06. The summed E-state index contributed by atoms with van der Waals surface area (Å²) in [6, 6.07) is 12.6. The van der Waals surface area contributed by atoms with E-state index in [0.29, 0.717) is 42.6 Å². The van der Waals surface area contributed by atoms with Crippen LogP contribution in [-0.4, -0.2) is 115 Å². The molecule has 4 amide bonds. The van der Waals surface area contributed by atoms with E-state index in [4.69, 9.17) is 4.74 Å². The van der Waals surface area contributed by atoms with E-state index in [0.717, 1.165) is 38.3 Å². The molecule has 2 fully saturated rings. The number of nitrogens with zero attached hydrogens (tertiary/aromatic N) is 6. The molecule has 3 aliphatic rings. The number of aliphatic hydroxyl groups is 1. The largest absolute Gasteiger partial charge is 0.508 e. The standard InChI is InChI=1S/C50H60N8O8/c1-9-41(60)56-17-15-49(7,28-56)46(63)55(8)42(30(3)4)44(61)53-39-21-31-18-34(22-36(59)20-31)33-12-13-40-37(23-33)38(43(57(40)10-2)35-19-32(25-51)26-52-27-35)24-48(5,6)29-66-47(64)50(65)14-11-16-58(54-50)45(39)62/h9,12-13,18-20,22-23,26-27,30,39,42,54,59,65H,1,10-11,14-17,21,24,28-29H2,2-8H3,(H,53,61)/t39-,42-,49+,50-/m0/s1. The lowest BCUT2D eigenvalue weighted by Crippen LogP contribution is -2.67. The normalized spacial score (nSPS) is 22.6. The molecule has 4 atom stereocenters. The maximum absolute atomic E-state index is 14.7. The molecule has 0 aliphatic carbocycles. The van der Waals surface area contributed by atoms with Crippen LogP contribution in [0.5, 0.6) is 5.75 Å². The van der Waals surface area contributed by atoms with Crippen molar-refractivity contribution in [3.63, 3.8) is 0 Å². The number of phenolic OH excluding ortho intramolecular Hbond substituents is 1. The van der Waals surface area contributed by atoms with Crippen LogP contribution in [0.25, 0.3) is 33.3 Å². The molecule has 7 rings (SSSR count). The van der Waals surface area contributed by atoms with Gasteiger partial charge in [0.2, 0.25) is 23.4 Å². The van der Waals surface area contributed by atoms with Crippen LogP contribution >= 0.6 is 0 Å². The number of ether oxygens (including phenoxy) is 1. The molecule has 4 aromatic rings. The maximum atomic E-state index is 14.7. The molecule has 5 heterocycles. The molecule has 0 unspecified atom stereocenters. The van der Waals surface area contributed by atoms with Gasteiger partial charge in [-0.05, 0) is 97.7 Å². The third-order valence-corrected chi connectivity index (χ3v) is 13.2. The van der Waals surface area contributed by atoms with Crippen LogP contribution in [0.15, 0.2) is 67.5 Å². The molecular formula is C50H60N8O8. The molecule has 2 aromatic heterocycles. The summed E-state index contributed by atoms with van der Waals surface area (Å²) in [5, 5.41) is 37.9. The van der Waals surface area contributed by atoms with Crippen LogP contribution < -0.4 is 10.7 Å². The third kappa shape index (κ3) is 9.27. The van der Waals surface area contributed by atoms with Gasteiger partial charge in [0.1, 0.15) is 23.9 Å².